The molecule has 1 saturated heterocycles. The lowest BCUT2D eigenvalue weighted by molar-refractivity contribution is -0.132. The van der Waals surface area contributed by atoms with Crippen molar-refractivity contribution >= 4 is 19.8 Å². The van der Waals surface area contributed by atoms with Crippen LogP contribution >= 0.6 is 7.82 Å². The van der Waals surface area contributed by atoms with E-state index >= 15 is 0 Å². The predicted octanol–water partition coefficient (Wildman–Crippen LogP) is 3.77. The number of carbonyl (C=O) groups is 2. The van der Waals surface area contributed by atoms with Crippen molar-refractivity contribution in [3.05, 3.63) is 108 Å². The van der Waals surface area contributed by atoms with E-state index in [4.69, 9.17) is 9.05 Å². The maximum Gasteiger partial charge on any atom is 0.474 e. The van der Waals surface area contributed by atoms with E-state index in [-0.39, 0.29) is 6.61 Å². The molecule has 1 heterocycles. The molecule has 3 amide bonds. The zero-order valence-corrected chi connectivity index (χ0v) is 17.9. The highest BCUT2D eigenvalue weighted by Crippen LogP contribution is 2.45. The molecule has 32 heavy (non-hydrogen) atoms. The summed E-state index contributed by atoms with van der Waals surface area (Å²) in [6, 6.07) is 25.6. The summed E-state index contributed by atoms with van der Waals surface area (Å²) in [5.41, 5.74) is 0.305. The van der Waals surface area contributed by atoms with Crippen LogP contribution in [0.15, 0.2) is 91.0 Å². The molecule has 0 bridgehead atoms. The van der Waals surface area contributed by atoms with E-state index < -0.39 is 32.0 Å². The third-order valence-electron chi connectivity index (χ3n) is 5.11. The smallest absolute Gasteiger partial charge is 0.315 e. The van der Waals surface area contributed by atoms with Gasteiger partial charge in [-0.15, -0.1) is 0 Å². The van der Waals surface area contributed by atoms with Crippen LogP contribution in [0.5, 0.6) is 0 Å². The summed E-state index contributed by atoms with van der Waals surface area (Å²) in [6.07, 6.45) is 0. The van der Waals surface area contributed by atoms with Gasteiger partial charge in [0.2, 0.25) is 0 Å². The van der Waals surface area contributed by atoms with Crippen molar-refractivity contribution in [2.45, 2.75) is 12.1 Å². The lowest BCUT2D eigenvalue weighted by atomic mass is 9.83. The largest absolute Gasteiger partial charge is 0.474 e. The molecule has 3 aromatic carbocycles. The summed E-state index contributed by atoms with van der Waals surface area (Å²) in [4.78, 5) is 37.0. The van der Waals surface area contributed by atoms with Gasteiger partial charge >= 0.3 is 13.9 Å². The SMILES string of the molecule is O=C1NC(c2ccccc2)(c2ccccc2)C(=O)N1COP(=O)(O)OCc1ccccc1. The first-order chi connectivity index (χ1) is 15.4. The Morgan fingerprint density at radius 3 is 1.84 bits per heavy atom. The summed E-state index contributed by atoms with van der Waals surface area (Å²) in [5.74, 6) is -0.622. The van der Waals surface area contributed by atoms with Gasteiger partial charge in [0.1, 0.15) is 6.73 Å². The second-order valence-electron chi connectivity index (χ2n) is 7.13. The fourth-order valence-corrected chi connectivity index (χ4v) is 4.17. The van der Waals surface area contributed by atoms with E-state index in [0.29, 0.717) is 16.7 Å². The molecular weight excluding hydrogens is 431 g/mol. The quantitative estimate of drug-likeness (QED) is 0.398. The van der Waals surface area contributed by atoms with Crippen LogP contribution in [0.3, 0.4) is 0 Å². The predicted molar refractivity (Wildman–Crippen MR) is 116 cm³/mol. The number of nitrogens with zero attached hydrogens (tertiary/aromatic N) is 1. The van der Waals surface area contributed by atoms with Gasteiger partial charge in [-0.3, -0.25) is 13.8 Å². The molecule has 2 N–H and O–H groups in total. The molecule has 8 nitrogen and oxygen atoms in total. The number of rotatable bonds is 8. The van der Waals surface area contributed by atoms with Crippen molar-refractivity contribution in [3.8, 4) is 0 Å². The molecular formula is C23H21N2O6P. The van der Waals surface area contributed by atoms with E-state index in [9.17, 15) is 19.0 Å². The Morgan fingerprint density at radius 1 is 0.812 bits per heavy atom. The zero-order valence-electron chi connectivity index (χ0n) is 17.0. The van der Waals surface area contributed by atoms with Gasteiger partial charge in [0.25, 0.3) is 5.91 Å². The molecule has 0 radical (unpaired) electrons. The molecule has 1 fully saturated rings. The second kappa shape index (κ2) is 9.06. The van der Waals surface area contributed by atoms with E-state index in [1.807, 2.05) is 6.07 Å². The summed E-state index contributed by atoms with van der Waals surface area (Å²) < 4.78 is 22.3. The Bertz CT molecular complexity index is 1100. The van der Waals surface area contributed by atoms with Crippen LogP contribution < -0.4 is 5.32 Å². The molecule has 0 saturated carbocycles. The van der Waals surface area contributed by atoms with Crippen LogP contribution in [0.1, 0.15) is 16.7 Å². The molecule has 9 heteroatoms. The lowest BCUT2D eigenvalue weighted by Gasteiger charge is -2.28. The number of hydrogen-bond acceptors (Lipinski definition) is 5. The maximum absolute atomic E-state index is 13.5. The number of urea groups is 1. The zero-order chi connectivity index (χ0) is 22.6. The highest BCUT2D eigenvalue weighted by Gasteiger charge is 2.54. The topological polar surface area (TPSA) is 105 Å². The number of hydrogen-bond donors (Lipinski definition) is 2. The Morgan fingerprint density at radius 2 is 1.31 bits per heavy atom. The Kier molecular flexibility index (Phi) is 6.21. The number of imide groups is 1. The van der Waals surface area contributed by atoms with Gasteiger partial charge in [-0.05, 0) is 16.7 Å². The first-order valence-corrected chi connectivity index (χ1v) is 11.3. The van der Waals surface area contributed by atoms with Crippen LogP contribution in [0, 0.1) is 0 Å². The minimum Gasteiger partial charge on any atom is -0.315 e. The summed E-state index contributed by atoms with van der Waals surface area (Å²) >= 11 is 0. The van der Waals surface area contributed by atoms with Crippen molar-refractivity contribution < 1.29 is 28.1 Å². The molecule has 1 aliphatic heterocycles. The van der Waals surface area contributed by atoms with Crippen molar-refractivity contribution in [1.82, 2.24) is 10.2 Å². The number of nitrogens with one attached hydrogen (secondary N) is 1. The number of phosphoric acid groups is 1. The van der Waals surface area contributed by atoms with Gasteiger partial charge in [0.05, 0.1) is 6.61 Å². The van der Waals surface area contributed by atoms with Crippen LogP contribution in [0.4, 0.5) is 4.79 Å². The summed E-state index contributed by atoms with van der Waals surface area (Å²) in [6.45, 7) is -0.901. The Balaban J connectivity index is 1.54. The first-order valence-electron chi connectivity index (χ1n) is 9.83. The Hall–Kier alpha value is -3.29. The maximum atomic E-state index is 13.5. The highest BCUT2D eigenvalue weighted by molar-refractivity contribution is 7.47. The minimum absolute atomic E-state index is 0.160. The molecule has 1 aliphatic rings. The van der Waals surface area contributed by atoms with E-state index in [1.165, 1.54) is 0 Å². The molecule has 0 spiro atoms. The van der Waals surface area contributed by atoms with Gasteiger partial charge in [-0.25, -0.2) is 14.3 Å². The number of phosphoric ester groups is 1. The van der Waals surface area contributed by atoms with Gasteiger partial charge in [0.15, 0.2) is 5.54 Å². The third-order valence-corrected chi connectivity index (χ3v) is 6.00. The van der Waals surface area contributed by atoms with E-state index in [0.717, 1.165) is 4.90 Å². The fourth-order valence-electron chi connectivity index (χ4n) is 3.53. The van der Waals surface area contributed by atoms with E-state index in [1.54, 1.807) is 84.9 Å². The number of benzene rings is 3. The molecule has 0 aliphatic carbocycles. The monoisotopic (exact) mass is 452 g/mol. The van der Waals surface area contributed by atoms with Crippen molar-refractivity contribution in [2.75, 3.05) is 6.73 Å². The average Bonchev–Trinajstić information content (AvgIpc) is 3.09. The van der Waals surface area contributed by atoms with Crippen LogP contribution in [-0.2, 0) is 30.6 Å². The molecule has 4 rings (SSSR count). The fraction of sp³-hybridized carbons (Fsp3) is 0.130. The van der Waals surface area contributed by atoms with Gasteiger partial charge < -0.3 is 10.2 Å². The van der Waals surface area contributed by atoms with Crippen LogP contribution in [0.2, 0.25) is 0 Å². The average molecular weight is 452 g/mol. The van der Waals surface area contributed by atoms with Crippen LogP contribution in [0.25, 0.3) is 0 Å². The second-order valence-corrected chi connectivity index (χ2v) is 8.58. The summed E-state index contributed by atoms with van der Waals surface area (Å²) in [5, 5.41) is 2.74. The summed E-state index contributed by atoms with van der Waals surface area (Å²) in [7, 11) is -4.52. The first kappa shape index (κ1) is 21.9. The van der Waals surface area contributed by atoms with Gasteiger partial charge in [-0.1, -0.05) is 91.0 Å². The molecule has 3 aromatic rings. The van der Waals surface area contributed by atoms with E-state index in [2.05, 4.69) is 5.32 Å². The highest BCUT2D eigenvalue weighted by atomic mass is 31.2. The number of amides is 3. The Labute approximate surface area is 185 Å². The number of carbonyl (C=O) groups excluding carboxylic acids is 2. The molecule has 0 aromatic heterocycles. The lowest BCUT2D eigenvalue weighted by Crippen LogP contribution is -2.45. The molecule has 164 valence electrons. The van der Waals surface area contributed by atoms with Gasteiger partial charge in [0, 0.05) is 0 Å². The minimum atomic E-state index is -4.52. The third kappa shape index (κ3) is 4.35. The van der Waals surface area contributed by atoms with Crippen molar-refractivity contribution in [3.63, 3.8) is 0 Å². The van der Waals surface area contributed by atoms with Gasteiger partial charge in [-0.2, -0.15) is 0 Å². The normalized spacial score (nSPS) is 17.1. The standard InChI is InChI=1S/C23H21N2O6P/c26-21-23(19-12-6-2-7-13-19,20-14-8-3-9-15-20)24-22(27)25(21)17-31-32(28,29)30-16-18-10-4-1-5-11-18/h1-15H,16-17H2,(H,24,27)(H,28,29). The molecule has 1 atom stereocenters. The molecule has 1 unspecified atom stereocenters. The van der Waals surface area contributed by atoms with Crippen molar-refractivity contribution in [2.24, 2.45) is 0 Å². The van der Waals surface area contributed by atoms with Crippen LogP contribution in [-0.4, -0.2) is 28.5 Å². The van der Waals surface area contributed by atoms with Crippen molar-refractivity contribution in [1.29, 1.82) is 0 Å².